The molecule has 0 spiro atoms. The van der Waals surface area contributed by atoms with E-state index in [1.807, 2.05) is 0 Å². The SMILES string of the molecule is COC(=O)Cc1cc(I)c(C(F)F)nc1CCl. The molecule has 1 heterocycles. The number of ether oxygens (including phenoxy) is 1. The lowest BCUT2D eigenvalue weighted by Gasteiger charge is -2.10. The molecular formula is C10H9ClF2INO2. The number of pyridine rings is 1. The molecule has 0 N–H and O–H groups in total. The van der Waals surface area contributed by atoms with Crippen LogP contribution in [0.25, 0.3) is 0 Å². The summed E-state index contributed by atoms with van der Waals surface area (Å²) in [5.41, 5.74) is 0.489. The van der Waals surface area contributed by atoms with Crippen LogP contribution in [0.3, 0.4) is 0 Å². The van der Waals surface area contributed by atoms with E-state index in [-0.39, 0.29) is 23.7 Å². The van der Waals surface area contributed by atoms with Gasteiger partial charge < -0.3 is 4.74 Å². The summed E-state index contributed by atoms with van der Waals surface area (Å²) in [6.07, 6.45) is -2.68. The van der Waals surface area contributed by atoms with E-state index < -0.39 is 12.4 Å². The maximum Gasteiger partial charge on any atom is 0.310 e. The van der Waals surface area contributed by atoms with Gasteiger partial charge in [-0.25, -0.2) is 13.8 Å². The number of nitrogens with zero attached hydrogens (tertiary/aromatic N) is 1. The monoisotopic (exact) mass is 375 g/mol. The van der Waals surface area contributed by atoms with Crippen molar-refractivity contribution in [3.05, 3.63) is 26.6 Å². The number of methoxy groups -OCH3 is 1. The van der Waals surface area contributed by atoms with Gasteiger partial charge in [0.1, 0.15) is 5.69 Å². The first-order valence-corrected chi connectivity index (χ1v) is 6.20. The highest BCUT2D eigenvalue weighted by molar-refractivity contribution is 14.1. The minimum atomic E-state index is -2.66. The van der Waals surface area contributed by atoms with E-state index in [1.165, 1.54) is 13.2 Å². The quantitative estimate of drug-likeness (QED) is 0.461. The van der Waals surface area contributed by atoms with Gasteiger partial charge >= 0.3 is 5.97 Å². The zero-order chi connectivity index (χ0) is 13.0. The Kier molecular flexibility index (Phi) is 5.51. The summed E-state index contributed by atoms with van der Waals surface area (Å²) in [6.45, 7) is 0. The first-order chi connectivity index (χ1) is 7.99. The maximum absolute atomic E-state index is 12.6. The van der Waals surface area contributed by atoms with Crippen molar-refractivity contribution in [2.24, 2.45) is 0 Å². The lowest BCUT2D eigenvalue weighted by molar-refractivity contribution is -0.139. The number of alkyl halides is 3. The Morgan fingerprint density at radius 2 is 2.29 bits per heavy atom. The fourth-order valence-corrected chi connectivity index (χ4v) is 2.19. The number of hydrogen-bond acceptors (Lipinski definition) is 3. The van der Waals surface area contributed by atoms with E-state index in [9.17, 15) is 13.6 Å². The molecule has 0 aliphatic heterocycles. The Labute approximate surface area is 116 Å². The average molecular weight is 376 g/mol. The van der Waals surface area contributed by atoms with Gasteiger partial charge in [-0.1, -0.05) is 0 Å². The van der Waals surface area contributed by atoms with Gasteiger partial charge in [-0.15, -0.1) is 11.6 Å². The maximum atomic E-state index is 12.6. The zero-order valence-corrected chi connectivity index (χ0v) is 11.8. The number of halogens is 4. The Morgan fingerprint density at radius 3 is 2.76 bits per heavy atom. The third-order valence-electron chi connectivity index (χ3n) is 2.07. The van der Waals surface area contributed by atoms with Crippen LogP contribution in [0.2, 0.25) is 0 Å². The predicted octanol–water partition coefficient (Wildman–Crippen LogP) is 3.08. The Hall–Kier alpha value is -0.500. The summed E-state index contributed by atoms with van der Waals surface area (Å²) in [5.74, 6) is -0.484. The summed E-state index contributed by atoms with van der Waals surface area (Å²) in [6, 6.07) is 1.49. The van der Waals surface area contributed by atoms with Gasteiger partial charge in [-0.3, -0.25) is 4.79 Å². The van der Waals surface area contributed by atoms with E-state index >= 15 is 0 Å². The summed E-state index contributed by atoms with van der Waals surface area (Å²) in [5, 5.41) is 0. The van der Waals surface area contributed by atoms with Gasteiger partial charge in [0, 0.05) is 3.57 Å². The molecule has 0 aromatic carbocycles. The molecule has 0 unspecified atom stereocenters. The number of hydrogen-bond donors (Lipinski definition) is 0. The molecule has 0 aliphatic carbocycles. The summed E-state index contributed by atoms with van der Waals surface area (Å²) < 4.78 is 30.0. The number of rotatable bonds is 4. The number of carbonyl (C=O) groups excluding carboxylic acids is 1. The molecule has 1 aromatic heterocycles. The fraction of sp³-hybridized carbons (Fsp3) is 0.400. The minimum absolute atomic E-state index is 0.0227. The molecule has 0 aliphatic rings. The van der Waals surface area contributed by atoms with Gasteiger partial charge in [0.15, 0.2) is 0 Å². The Morgan fingerprint density at radius 1 is 1.65 bits per heavy atom. The normalized spacial score (nSPS) is 10.7. The second kappa shape index (κ2) is 6.44. The molecule has 0 saturated heterocycles. The van der Waals surface area contributed by atoms with Crippen LogP contribution in [0.4, 0.5) is 8.78 Å². The van der Waals surface area contributed by atoms with Crippen LogP contribution in [-0.4, -0.2) is 18.1 Å². The third-order valence-corrected chi connectivity index (χ3v) is 3.18. The molecule has 7 heteroatoms. The summed E-state index contributed by atoms with van der Waals surface area (Å²) in [4.78, 5) is 14.9. The topological polar surface area (TPSA) is 39.2 Å². The third kappa shape index (κ3) is 3.74. The Bertz CT molecular complexity index is 429. The van der Waals surface area contributed by atoms with E-state index in [1.54, 1.807) is 22.6 Å². The fourth-order valence-electron chi connectivity index (χ4n) is 1.23. The van der Waals surface area contributed by atoms with E-state index in [2.05, 4.69) is 9.72 Å². The molecule has 0 amide bonds. The zero-order valence-electron chi connectivity index (χ0n) is 8.84. The van der Waals surface area contributed by atoms with Crippen molar-refractivity contribution in [1.29, 1.82) is 0 Å². The largest absolute Gasteiger partial charge is 0.469 e. The van der Waals surface area contributed by atoms with Crippen LogP contribution in [0.1, 0.15) is 23.4 Å². The van der Waals surface area contributed by atoms with Crippen LogP contribution in [0, 0.1) is 3.57 Å². The smallest absolute Gasteiger partial charge is 0.310 e. The van der Waals surface area contributed by atoms with Gasteiger partial charge in [-0.05, 0) is 34.2 Å². The predicted molar refractivity (Wildman–Crippen MR) is 67.2 cm³/mol. The lowest BCUT2D eigenvalue weighted by Crippen LogP contribution is -2.10. The molecule has 0 fully saturated rings. The lowest BCUT2D eigenvalue weighted by atomic mass is 10.1. The first kappa shape index (κ1) is 14.6. The molecule has 0 atom stereocenters. The van der Waals surface area contributed by atoms with Crippen molar-refractivity contribution in [1.82, 2.24) is 4.98 Å². The molecule has 1 rings (SSSR count). The van der Waals surface area contributed by atoms with Gasteiger partial charge in [0.05, 0.1) is 25.1 Å². The van der Waals surface area contributed by atoms with Crippen LogP contribution in [0.5, 0.6) is 0 Å². The van der Waals surface area contributed by atoms with Crippen LogP contribution >= 0.6 is 34.2 Å². The number of carbonyl (C=O) groups is 1. The van der Waals surface area contributed by atoms with Crippen molar-refractivity contribution in [3.8, 4) is 0 Å². The number of aromatic nitrogens is 1. The van der Waals surface area contributed by atoms with Crippen molar-refractivity contribution < 1.29 is 18.3 Å². The standard InChI is InChI=1S/C10H9ClF2INO2/c1-17-8(16)3-5-2-6(14)9(10(12)13)15-7(5)4-11/h2,10H,3-4H2,1H3. The molecule has 0 saturated carbocycles. The molecule has 3 nitrogen and oxygen atoms in total. The highest BCUT2D eigenvalue weighted by atomic mass is 127. The van der Waals surface area contributed by atoms with E-state index in [0.717, 1.165) is 0 Å². The van der Waals surface area contributed by atoms with Crippen molar-refractivity contribution >= 4 is 40.2 Å². The highest BCUT2D eigenvalue weighted by Crippen LogP contribution is 2.25. The van der Waals surface area contributed by atoms with E-state index in [4.69, 9.17) is 11.6 Å². The second-order valence-corrected chi connectivity index (χ2v) is 4.58. The van der Waals surface area contributed by atoms with Gasteiger partial charge in [0.2, 0.25) is 0 Å². The molecule has 94 valence electrons. The molecule has 1 aromatic rings. The van der Waals surface area contributed by atoms with Crippen LogP contribution < -0.4 is 0 Å². The van der Waals surface area contributed by atoms with E-state index in [0.29, 0.717) is 9.13 Å². The molecular weight excluding hydrogens is 366 g/mol. The van der Waals surface area contributed by atoms with Crippen LogP contribution in [0.15, 0.2) is 6.07 Å². The van der Waals surface area contributed by atoms with Gasteiger partial charge in [-0.2, -0.15) is 0 Å². The molecule has 0 radical (unpaired) electrons. The van der Waals surface area contributed by atoms with Crippen molar-refractivity contribution in [2.45, 2.75) is 18.7 Å². The second-order valence-electron chi connectivity index (χ2n) is 3.15. The summed E-state index contributed by atoms with van der Waals surface area (Å²) in [7, 11) is 1.26. The first-order valence-electron chi connectivity index (χ1n) is 4.58. The summed E-state index contributed by atoms with van der Waals surface area (Å²) >= 11 is 7.38. The highest BCUT2D eigenvalue weighted by Gasteiger charge is 2.18. The average Bonchev–Trinajstić information content (AvgIpc) is 2.28. The molecule has 17 heavy (non-hydrogen) atoms. The van der Waals surface area contributed by atoms with Crippen LogP contribution in [-0.2, 0) is 21.8 Å². The molecule has 0 bridgehead atoms. The minimum Gasteiger partial charge on any atom is -0.469 e. The Balaban J connectivity index is 3.14. The van der Waals surface area contributed by atoms with Crippen molar-refractivity contribution in [2.75, 3.05) is 7.11 Å². The van der Waals surface area contributed by atoms with Gasteiger partial charge in [0.25, 0.3) is 6.43 Å². The number of esters is 1. The van der Waals surface area contributed by atoms with Crippen molar-refractivity contribution in [3.63, 3.8) is 0 Å².